The molecule has 3 nitrogen and oxygen atoms in total. The van der Waals surface area contributed by atoms with Crippen molar-refractivity contribution in [3.8, 4) is 0 Å². The van der Waals surface area contributed by atoms with E-state index >= 15 is 0 Å². The molecule has 0 saturated heterocycles. The summed E-state index contributed by atoms with van der Waals surface area (Å²) in [6, 6.07) is 2.76. The molecule has 0 heterocycles. The summed E-state index contributed by atoms with van der Waals surface area (Å²) in [6.07, 6.45) is 0. The van der Waals surface area contributed by atoms with E-state index in [2.05, 4.69) is 15.9 Å². The third kappa shape index (κ3) is 4.34. The average Bonchev–Trinajstić information content (AvgIpc) is 2.26. The molecule has 1 rings (SSSR count). The van der Waals surface area contributed by atoms with Crippen molar-refractivity contribution in [1.29, 1.82) is 0 Å². The lowest BCUT2D eigenvalue weighted by Gasteiger charge is -2.20. The Morgan fingerprint density at radius 3 is 2.44 bits per heavy atom. The van der Waals surface area contributed by atoms with Crippen LogP contribution in [-0.2, 0) is 4.74 Å². The number of amides is 1. The largest absolute Gasteiger partial charge is 0.383 e. The number of carbonyl (C=O) groups is 1. The predicted octanol–water partition coefficient (Wildman–Crippen LogP) is 2.45. The lowest BCUT2D eigenvalue weighted by molar-refractivity contribution is 0.0783. The SMILES string of the molecule is COCC(Br)CN(C)C(=O)c1cc(F)cc(F)c1. The molecule has 0 aliphatic rings. The maximum absolute atomic E-state index is 13.0. The molecular weight excluding hydrogens is 308 g/mol. The smallest absolute Gasteiger partial charge is 0.253 e. The Kier molecular flexibility index (Phi) is 5.68. The Hall–Kier alpha value is -1.01. The highest BCUT2D eigenvalue weighted by molar-refractivity contribution is 9.09. The number of rotatable bonds is 5. The molecule has 0 fully saturated rings. The fraction of sp³-hybridized carbons (Fsp3) is 0.417. The standard InChI is InChI=1S/C12H14BrF2NO2/c1-16(6-9(13)7-18-2)12(17)8-3-10(14)5-11(15)4-8/h3-5,9H,6-7H2,1-2H3. The minimum Gasteiger partial charge on any atom is -0.383 e. The third-order valence-electron chi connectivity index (χ3n) is 2.28. The van der Waals surface area contributed by atoms with E-state index in [1.165, 1.54) is 4.90 Å². The summed E-state index contributed by atoms with van der Waals surface area (Å²) >= 11 is 3.34. The molecule has 0 N–H and O–H groups in total. The van der Waals surface area contributed by atoms with Crippen molar-refractivity contribution in [3.05, 3.63) is 35.4 Å². The molecule has 18 heavy (non-hydrogen) atoms. The van der Waals surface area contributed by atoms with E-state index in [4.69, 9.17) is 4.74 Å². The molecule has 1 aromatic rings. The molecule has 0 aliphatic carbocycles. The molecule has 0 radical (unpaired) electrons. The van der Waals surface area contributed by atoms with Crippen molar-refractivity contribution in [2.24, 2.45) is 0 Å². The maximum Gasteiger partial charge on any atom is 0.253 e. The summed E-state index contributed by atoms with van der Waals surface area (Å²) in [6.45, 7) is 0.819. The Morgan fingerprint density at radius 2 is 1.94 bits per heavy atom. The van der Waals surface area contributed by atoms with Crippen LogP contribution in [0.1, 0.15) is 10.4 Å². The molecule has 0 bridgehead atoms. The number of carbonyl (C=O) groups excluding carboxylic acids is 1. The summed E-state index contributed by atoms with van der Waals surface area (Å²) in [5.74, 6) is -1.97. The fourth-order valence-electron chi connectivity index (χ4n) is 1.51. The van der Waals surface area contributed by atoms with E-state index in [1.807, 2.05) is 0 Å². The highest BCUT2D eigenvalue weighted by Gasteiger charge is 2.16. The van der Waals surface area contributed by atoms with Crippen LogP contribution in [0.2, 0.25) is 0 Å². The molecule has 1 atom stereocenters. The van der Waals surface area contributed by atoms with E-state index < -0.39 is 17.5 Å². The van der Waals surface area contributed by atoms with Crippen molar-refractivity contribution < 1.29 is 18.3 Å². The zero-order chi connectivity index (χ0) is 13.7. The number of hydrogen-bond donors (Lipinski definition) is 0. The lowest BCUT2D eigenvalue weighted by atomic mass is 10.2. The summed E-state index contributed by atoms with van der Waals surface area (Å²) in [4.78, 5) is 13.3. The minimum atomic E-state index is -0.765. The Balaban J connectivity index is 2.74. The number of halogens is 3. The monoisotopic (exact) mass is 321 g/mol. The van der Waals surface area contributed by atoms with E-state index in [0.717, 1.165) is 18.2 Å². The van der Waals surface area contributed by atoms with Gasteiger partial charge in [-0.15, -0.1) is 0 Å². The van der Waals surface area contributed by atoms with Crippen LogP contribution in [0, 0.1) is 11.6 Å². The number of ether oxygens (including phenoxy) is 1. The van der Waals surface area contributed by atoms with Gasteiger partial charge in [0.05, 0.1) is 11.4 Å². The van der Waals surface area contributed by atoms with Crippen molar-refractivity contribution in [2.75, 3.05) is 27.3 Å². The molecule has 100 valence electrons. The third-order valence-corrected chi connectivity index (χ3v) is 2.83. The topological polar surface area (TPSA) is 29.5 Å². The molecule has 0 aliphatic heterocycles. The van der Waals surface area contributed by atoms with Gasteiger partial charge in [0, 0.05) is 32.3 Å². The van der Waals surface area contributed by atoms with Gasteiger partial charge in [0.2, 0.25) is 0 Å². The zero-order valence-corrected chi connectivity index (χ0v) is 11.7. The van der Waals surface area contributed by atoms with Crippen LogP contribution < -0.4 is 0 Å². The van der Waals surface area contributed by atoms with Gasteiger partial charge in [-0.2, -0.15) is 0 Å². The molecule has 1 aromatic carbocycles. The normalized spacial score (nSPS) is 12.3. The van der Waals surface area contributed by atoms with E-state index in [0.29, 0.717) is 13.2 Å². The maximum atomic E-state index is 13.0. The quantitative estimate of drug-likeness (QED) is 0.780. The zero-order valence-electron chi connectivity index (χ0n) is 10.1. The van der Waals surface area contributed by atoms with Crippen molar-refractivity contribution in [3.63, 3.8) is 0 Å². The number of methoxy groups -OCH3 is 1. The minimum absolute atomic E-state index is 0.00730. The lowest BCUT2D eigenvalue weighted by Crippen LogP contribution is -2.33. The summed E-state index contributed by atoms with van der Waals surface area (Å²) in [7, 11) is 3.12. The van der Waals surface area contributed by atoms with Gasteiger partial charge in [-0.25, -0.2) is 8.78 Å². The van der Waals surface area contributed by atoms with E-state index in [1.54, 1.807) is 14.2 Å². The number of nitrogens with zero attached hydrogens (tertiary/aromatic N) is 1. The van der Waals surface area contributed by atoms with Crippen LogP contribution in [-0.4, -0.2) is 42.9 Å². The molecule has 0 aromatic heterocycles. The second-order valence-corrected chi connectivity index (χ2v) is 5.19. The second-order valence-electron chi connectivity index (χ2n) is 3.90. The first-order valence-corrected chi connectivity index (χ1v) is 6.20. The first kappa shape index (κ1) is 15.0. The van der Waals surface area contributed by atoms with Gasteiger partial charge in [0.1, 0.15) is 11.6 Å². The van der Waals surface area contributed by atoms with E-state index in [-0.39, 0.29) is 10.4 Å². The average molecular weight is 322 g/mol. The first-order chi connectivity index (χ1) is 8.43. The summed E-state index contributed by atoms with van der Waals surface area (Å²) in [5.41, 5.74) is -0.00730. The Labute approximate surface area is 113 Å². The number of hydrogen-bond acceptors (Lipinski definition) is 2. The van der Waals surface area contributed by atoms with E-state index in [9.17, 15) is 13.6 Å². The van der Waals surface area contributed by atoms with Gasteiger partial charge in [-0.3, -0.25) is 4.79 Å². The summed E-state index contributed by atoms with van der Waals surface area (Å²) in [5, 5.41) is 0. The Bertz CT molecular complexity index is 408. The van der Waals surface area contributed by atoms with Gasteiger partial charge in [0.15, 0.2) is 0 Å². The first-order valence-electron chi connectivity index (χ1n) is 5.28. The molecule has 0 spiro atoms. The summed E-state index contributed by atoms with van der Waals surface area (Å²) < 4.78 is 30.9. The van der Waals surface area contributed by atoms with Crippen molar-refractivity contribution in [1.82, 2.24) is 4.90 Å². The van der Waals surface area contributed by atoms with Crippen LogP contribution in [0.15, 0.2) is 18.2 Å². The second kappa shape index (κ2) is 6.80. The van der Waals surface area contributed by atoms with Crippen LogP contribution >= 0.6 is 15.9 Å². The van der Waals surface area contributed by atoms with Gasteiger partial charge in [0.25, 0.3) is 5.91 Å². The highest BCUT2D eigenvalue weighted by Crippen LogP contribution is 2.11. The fourth-order valence-corrected chi connectivity index (χ4v) is 2.21. The molecular formula is C12H14BrF2NO2. The highest BCUT2D eigenvalue weighted by atomic mass is 79.9. The van der Waals surface area contributed by atoms with Crippen LogP contribution in [0.3, 0.4) is 0 Å². The number of benzene rings is 1. The predicted molar refractivity (Wildman–Crippen MR) is 67.9 cm³/mol. The van der Waals surface area contributed by atoms with Gasteiger partial charge in [-0.05, 0) is 12.1 Å². The van der Waals surface area contributed by atoms with Crippen molar-refractivity contribution in [2.45, 2.75) is 4.83 Å². The number of alkyl halides is 1. The molecule has 0 saturated carbocycles. The van der Waals surface area contributed by atoms with Gasteiger partial charge < -0.3 is 9.64 Å². The molecule has 1 amide bonds. The van der Waals surface area contributed by atoms with Crippen LogP contribution in [0.25, 0.3) is 0 Å². The molecule has 1 unspecified atom stereocenters. The van der Waals surface area contributed by atoms with Gasteiger partial charge >= 0.3 is 0 Å². The Morgan fingerprint density at radius 1 is 1.39 bits per heavy atom. The molecule has 6 heteroatoms. The van der Waals surface area contributed by atoms with Crippen molar-refractivity contribution >= 4 is 21.8 Å². The van der Waals surface area contributed by atoms with Gasteiger partial charge in [-0.1, -0.05) is 15.9 Å². The van der Waals surface area contributed by atoms with Crippen LogP contribution in [0.5, 0.6) is 0 Å². The van der Waals surface area contributed by atoms with Crippen LogP contribution in [0.4, 0.5) is 8.78 Å².